The number of pyridine rings is 1. The normalized spacial score (nSPS) is 18.9. The molecule has 16 heteroatoms. The third-order valence-electron chi connectivity index (χ3n) is 8.82. The van der Waals surface area contributed by atoms with E-state index >= 15 is 0 Å². The quantitative estimate of drug-likeness (QED) is 0.139. The Morgan fingerprint density at radius 3 is 1.86 bits per heavy atom. The predicted molar refractivity (Wildman–Crippen MR) is 161 cm³/mol. The molecule has 1 heterocycles. The molecule has 1 amide bonds. The zero-order chi connectivity index (χ0) is 36.5. The molecule has 50 heavy (non-hydrogen) atoms. The van der Waals surface area contributed by atoms with Gasteiger partial charge in [-0.15, -0.1) is 0 Å². The molecule has 1 aliphatic rings. The zero-order valence-electron chi connectivity index (χ0n) is 25.7. The molecular formula is C34H27F9N2O4S. The summed E-state index contributed by atoms with van der Waals surface area (Å²) in [6, 6.07) is 10.7. The molecule has 1 fully saturated rings. The number of hydrogen-bond donors (Lipinski definition) is 1. The van der Waals surface area contributed by atoms with E-state index in [1.54, 1.807) is 0 Å². The second-order valence-electron chi connectivity index (χ2n) is 11.7. The van der Waals surface area contributed by atoms with Crippen LogP contribution < -0.4 is 5.32 Å². The Morgan fingerprint density at radius 1 is 0.800 bits per heavy atom. The van der Waals surface area contributed by atoms with Crippen molar-refractivity contribution in [3.8, 4) is 0 Å². The van der Waals surface area contributed by atoms with Crippen LogP contribution in [0, 0.1) is 17.5 Å². The molecule has 0 saturated heterocycles. The van der Waals surface area contributed by atoms with Gasteiger partial charge in [0.05, 0.1) is 11.5 Å². The zero-order valence-corrected chi connectivity index (χ0v) is 26.5. The maximum Gasteiger partial charge on any atom is 0.430 e. The molecule has 1 aliphatic carbocycles. The largest absolute Gasteiger partial charge is 0.430 e. The van der Waals surface area contributed by atoms with Crippen molar-refractivity contribution in [1.29, 1.82) is 0 Å². The van der Waals surface area contributed by atoms with Crippen molar-refractivity contribution < 1.29 is 57.5 Å². The fraction of sp³-hybridized carbons (Fsp3) is 0.294. The van der Waals surface area contributed by atoms with E-state index in [4.69, 9.17) is 0 Å². The summed E-state index contributed by atoms with van der Waals surface area (Å²) in [5.41, 5.74) is -7.66. The van der Waals surface area contributed by atoms with Crippen LogP contribution in [-0.4, -0.2) is 37.7 Å². The first-order valence-corrected chi connectivity index (χ1v) is 16.4. The summed E-state index contributed by atoms with van der Waals surface area (Å²) in [5, 5.41) is 2.79. The molecule has 0 aliphatic heterocycles. The van der Waals surface area contributed by atoms with Gasteiger partial charge in [-0.1, -0.05) is 30.3 Å². The lowest BCUT2D eigenvalue weighted by Gasteiger charge is -2.41. The van der Waals surface area contributed by atoms with E-state index in [2.05, 4.69) is 15.0 Å². The standard InChI is InChI=1S/C34H27F9N2O4S/c35-24-8-10-26(11-9-24)50(47,48)31(16-12-25(13-17-31)45-30(46)21-14-18-44-19-15-21)22-4-6-23(7-5-22)32(33(38,39)40,34(41,42)43)49-20-27-28(36)2-1-3-29(27)37/h1-11,14-15,18-19,25H,12-13,16-17,20H2,(H,45,46)/t25-,31-. The van der Waals surface area contributed by atoms with Gasteiger partial charge in [0.1, 0.15) is 22.2 Å². The Kier molecular flexibility index (Phi) is 10.1. The average molecular weight is 731 g/mol. The van der Waals surface area contributed by atoms with E-state index in [9.17, 15) is 52.7 Å². The molecule has 5 rings (SSSR count). The molecule has 266 valence electrons. The van der Waals surface area contributed by atoms with E-state index < -0.39 is 79.7 Å². The van der Waals surface area contributed by atoms with Crippen LogP contribution >= 0.6 is 0 Å². The lowest BCUT2D eigenvalue weighted by molar-refractivity contribution is -0.392. The summed E-state index contributed by atoms with van der Waals surface area (Å²) in [6.07, 6.45) is -10.0. The lowest BCUT2D eigenvalue weighted by Crippen LogP contribution is -2.56. The van der Waals surface area contributed by atoms with Gasteiger partial charge in [-0.05, 0) is 79.8 Å². The van der Waals surface area contributed by atoms with Gasteiger partial charge in [0.25, 0.3) is 11.5 Å². The Bertz CT molecular complexity index is 1890. The van der Waals surface area contributed by atoms with Crippen LogP contribution in [0.2, 0.25) is 0 Å². The van der Waals surface area contributed by atoms with Crippen molar-refractivity contribution in [1.82, 2.24) is 10.3 Å². The summed E-state index contributed by atoms with van der Waals surface area (Å²) in [6.45, 7) is -1.76. The maximum absolute atomic E-state index is 14.5. The highest BCUT2D eigenvalue weighted by Crippen LogP contribution is 2.54. The van der Waals surface area contributed by atoms with Gasteiger partial charge in [-0.3, -0.25) is 9.78 Å². The average Bonchev–Trinajstić information content (AvgIpc) is 3.06. The van der Waals surface area contributed by atoms with Crippen LogP contribution in [0.5, 0.6) is 0 Å². The maximum atomic E-state index is 14.5. The molecule has 1 saturated carbocycles. The van der Waals surface area contributed by atoms with E-state index in [0.29, 0.717) is 24.3 Å². The summed E-state index contributed by atoms with van der Waals surface area (Å²) < 4.78 is 160. The monoisotopic (exact) mass is 730 g/mol. The smallest absolute Gasteiger partial charge is 0.349 e. The van der Waals surface area contributed by atoms with Crippen LogP contribution in [0.25, 0.3) is 0 Å². The summed E-state index contributed by atoms with van der Waals surface area (Å²) in [5.74, 6) is -4.09. The van der Waals surface area contributed by atoms with Crippen LogP contribution in [0.3, 0.4) is 0 Å². The second-order valence-corrected chi connectivity index (χ2v) is 13.9. The van der Waals surface area contributed by atoms with Crippen molar-refractivity contribution in [3.05, 3.63) is 131 Å². The van der Waals surface area contributed by atoms with Crippen molar-refractivity contribution >= 4 is 15.7 Å². The molecule has 0 atom stereocenters. The Balaban J connectivity index is 1.55. The van der Waals surface area contributed by atoms with E-state index in [1.807, 2.05) is 0 Å². The third kappa shape index (κ3) is 6.70. The number of carbonyl (C=O) groups excluding carboxylic acids is 1. The molecule has 0 spiro atoms. The van der Waals surface area contributed by atoms with Crippen LogP contribution in [0.4, 0.5) is 39.5 Å². The molecule has 0 bridgehead atoms. The molecule has 1 N–H and O–H groups in total. The van der Waals surface area contributed by atoms with Crippen molar-refractivity contribution in [2.75, 3.05) is 0 Å². The first-order valence-electron chi connectivity index (χ1n) is 15.0. The van der Waals surface area contributed by atoms with Gasteiger partial charge in [0.15, 0.2) is 9.84 Å². The number of carbonyl (C=O) groups is 1. The SMILES string of the molecule is O=C(N[C@H]1CC[C@](c2ccc(C(OCc3c(F)cccc3F)(C(F)(F)F)C(F)(F)F)cc2)(S(=O)(=O)c2ccc(F)cc2)CC1)c1ccncc1. The first-order chi connectivity index (χ1) is 23.4. The van der Waals surface area contributed by atoms with Crippen molar-refractivity contribution in [2.24, 2.45) is 0 Å². The number of sulfone groups is 1. The van der Waals surface area contributed by atoms with Gasteiger partial charge >= 0.3 is 12.4 Å². The van der Waals surface area contributed by atoms with E-state index in [-0.39, 0.29) is 41.7 Å². The molecule has 6 nitrogen and oxygen atoms in total. The van der Waals surface area contributed by atoms with Crippen LogP contribution in [0.1, 0.15) is 52.7 Å². The van der Waals surface area contributed by atoms with Gasteiger partial charge in [-0.25, -0.2) is 21.6 Å². The van der Waals surface area contributed by atoms with Crippen LogP contribution in [0.15, 0.2) is 96.2 Å². The highest BCUT2D eigenvalue weighted by molar-refractivity contribution is 7.92. The van der Waals surface area contributed by atoms with Crippen molar-refractivity contribution in [2.45, 2.75) is 65.9 Å². The summed E-state index contributed by atoms with van der Waals surface area (Å²) in [7, 11) is -4.51. The van der Waals surface area contributed by atoms with Gasteiger partial charge in [0.2, 0.25) is 0 Å². The van der Waals surface area contributed by atoms with Crippen molar-refractivity contribution in [3.63, 3.8) is 0 Å². The third-order valence-corrected chi connectivity index (χ3v) is 11.4. The fourth-order valence-electron chi connectivity index (χ4n) is 6.15. The number of ether oxygens (including phenoxy) is 1. The van der Waals surface area contributed by atoms with Gasteiger partial charge in [0, 0.05) is 35.1 Å². The molecule has 0 radical (unpaired) electrons. The lowest BCUT2D eigenvalue weighted by atomic mass is 9.79. The minimum absolute atomic E-state index is 0.0331. The number of nitrogens with one attached hydrogen (secondary N) is 1. The number of rotatable bonds is 9. The minimum Gasteiger partial charge on any atom is -0.349 e. The number of hydrogen-bond acceptors (Lipinski definition) is 5. The summed E-state index contributed by atoms with van der Waals surface area (Å²) in [4.78, 5) is 16.2. The Hall–Kier alpha value is -4.44. The number of aromatic nitrogens is 1. The minimum atomic E-state index is -6.21. The van der Waals surface area contributed by atoms with Crippen LogP contribution in [-0.2, 0) is 31.5 Å². The number of benzene rings is 3. The fourth-order valence-corrected chi connectivity index (χ4v) is 8.31. The number of amides is 1. The first kappa shape index (κ1) is 36.8. The molecule has 0 unspecified atom stereocenters. The molecule has 3 aromatic carbocycles. The van der Waals surface area contributed by atoms with E-state index in [1.165, 1.54) is 24.5 Å². The van der Waals surface area contributed by atoms with Gasteiger partial charge < -0.3 is 10.1 Å². The number of nitrogens with zero attached hydrogens (tertiary/aromatic N) is 1. The summed E-state index contributed by atoms with van der Waals surface area (Å²) >= 11 is 0. The number of alkyl halides is 6. The predicted octanol–water partition coefficient (Wildman–Crippen LogP) is 8.08. The highest BCUT2D eigenvalue weighted by atomic mass is 32.2. The van der Waals surface area contributed by atoms with E-state index in [0.717, 1.165) is 42.5 Å². The molecule has 4 aromatic rings. The number of halogens is 9. The molecular weight excluding hydrogens is 703 g/mol. The second kappa shape index (κ2) is 13.7. The Morgan fingerprint density at radius 2 is 1.34 bits per heavy atom. The topological polar surface area (TPSA) is 85.4 Å². The molecule has 1 aromatic heterocycles. The van der Waals surface area contributed by atoms with Gasteiger partial charge in [-0.2, -0.15) is 26.3 Å². The Labute approximate surface area is 280 Å². The highest BCUT2D eigenvalue weighted by Gasteiger charge is 2.73.